The number of hydrogen-bond acceptors (Lipinski definition) is 5. The van der Waals surface area contributed by atoms with Crippen molar-refractivity contribution in [2.75, 3.05) is 16.6 Å². The molecule has 32 heavy (non-hydrogen) atoms. The first-order chi connectivity index (χ1) is 15.3. The summed E-state index contributed by atoms with van der Waals surface area (Å²) < 4.78 is 41.8. The second kappa shape index (κ2) is 9.58. The van der Waals surface area contributed by atoms with Gasteiger partial charge in [-0.15, -0.1) is 0 Å². The number of thiazole rings is 1. The standard InChI is InChI=1S/C24H28FN3O2S2/c1-16-8-9-19(14-22(16)32(29,30)28-21-12-10-20(25)11-13-21)23-17(2)27-24(31-23)26-15-18-6-4-3-5-7-18/h8-14,18,28H,3-7,15H2,1-2H3,(H,26,27). The highest BCUT2D eigenvalue weighted by molar-refractivity contribution is 7.92. The number of sulfonamides is 1. The van der Waals surface area contributed by atoms with Crippen LogP contribution in [0.25, 0.3) is 10.4 Å². The van der Waals surface area contributed by atoms with Crippen molar-refractivity contribution in [2.24, 2.45) is 5.92 Å². The summed E-state index contributed by atoms with van der Waals surface area (Å²) in [6.45, 7) is 4.64. The van der Waals surface area contributed by atoms with E-state index in [2.05, 4.69) is 15.0 Å². The zero-order valence-corrected chi connectivity index (χ0v) is 20.0. The number of halogens is 1. The maximum atomic E-state index is 13.2. The minimum Gasteiger partial charge on any atom is -0.361 e. The molecule has 0 spiro atoms. The Balaban J connectivity index is 1.55. The van der Waals surface area contributed by atoms with Gasteiger partial charge in [-0.3, -0.25) is 4.72 Å². The summed E-state index contributed by atoms with van der Waals surface area (Å²) in [5.74, 6) is 0.282. The van der Waals surface area contributed by atoms with Crippen LogP contribution in [0.2, 0.25) is 0 Å². The third-order valence-corrected chi connectivity index (χ3v) is 8.59. The monoisotopic (exact) mass is 473 g/mol. The summed E-state index contributed by atoms with van der Waals surface area (Å²) in [7, 11) is -3.82. The average Bonchev–Trinajstić information content (AvgIpc) is 3.15. The maximum Gasteiger partial charge on any atom is 0.262 e. The van der Waals surface area contributed by atoms with Crippen molar-refractivity contribution in [2.45, 2.75) is 50.8 Å². The Morgan fingerprint density at radius 3 is 2.50 bits per heavy atom. The molecule has 8 heteroatoms. The topological polar surface area (TPSA) is 71.1 Å². The third kappa shape index (κ3) is 5.30. The van der Waals surface area contributed by atoms with Crippen LogP contribution in [0.5, 0.6) is 0 Å². The van der Waals surface area contributed by atoms with E-state index in [0.717, 1.165) is 27.8 Å². The number of anilines is 2. The maximum absolute atomic E-state index is 13.2. The van der Waals surface area contributed by atoms with Crippen molar-refractivity contribution in [3.8, 4) is 10.4 Å². The van der Waals surface area contributed by atoms with Crippen molar-refractivity contribution < 1.29 is 12.8 Å². The lowest BCUT2D eigenvalue weighted by Gasteiger charge is -2.21. The van der Waals surface area contributed by atoms with E-state index >= 15 is 0 Å². The molecule has 0 aliphatic heterocycles. The van der Waals surface area contributed by atoms with Gasteiger partial charge in [-0.05, 0) is 74.1 Å². The van der Waals surface area contributed by atoms with Crippen molar-refractivity contribution in [1.29, 1.82) is 0 Å². The quantitative estimate of drug-likeness (QED) is 0.419. The predicted octanol–water partition coefficient (Wildman–Crippen LogP) is 6.36. The summed E-state index contributed by atoms with van der Waals surface area (Å²) in [5, 5.41) is 4.36. The van der Waals surface area contributed by atoms with Gasteiger partial charge in [0.15, 0.2) is 5.13 Å². The molecule has 0 unspecified atom stereocenters. The number of aryl methyl sites for hydroxylation is 2. The largest absolute Gasteiger partial charge is 0.361 e. The summed E-state index contributed by atoms with van der Waals surface area (Å²) in [6, 6.07) is 10.7. The molecule has 0 amide bonds. The number of nitrogens with one attached hydrogen (secondary N) is 2. The van der Waals surface area contributed by atoms with Crippen molar-refractivity contribution >= 4 is 32.2 Å². The Hall–Kier alpha value is -2.45. The number of hydrogen-bond donors (Lipinski definition) is 2. The fourth-order valence-electron chi connectivity index (χ4n) is 4.12. The van der Waals surface area contributed by atoms with Gasteiger partial charge in [0, 0.05) is 12.2 Å². The molecule has 1 heterocycles. The zero-order chi connectivity index (χ0) is 22.7. The van der Waals surface area contributed by atoms with Crippen LogP contribution in [0, 0.1) is 25.6 Å². The van der Waals surface area contributed by atoms with Crippen molar-refractivity contribution in [3.05, 3.63) is 59.5 Å². The van der Waals surface area contributed by atoms with E-state index in [1.165, 1.54) is 56.4 Å². The van der Waals surface area contributed by atoms with Crippen LogP contribution >= 0.6 is 11.3 Å². The summed E-state index contributed by atoms with van der Waals surface area (Å²) in [4.78, 5) is 5.82. The lowest BCUT2D eigenvalue weighted by Crippen LogP contribution is -2.16. The molecule has 0 atom stereocenters. The number of aromatic nitrogens is 1. The molecule has 170 valence electrons. The minimum absolute atomic E-state index is 0.198. The van der Waals surface area contributed by atoms with Gasteiger partial charge in [0.2, 0.25) is 0 Å². The number of benzene rings is 2. The number of nitrogens with zero attached hydrogens (tertiary/aromatic N) is 1. The van der Waals surface area contributed by atoms with Crippen LogP contribution in [0.4, 0.5) is 15.2 Å². The Bertz CT molecular complexity index is 1180. The predicted molar refractivity (Wildman–Crippen MR) is 129 cm³/mol. The Kier molecular flexibility index (Phi) is 6.81. The van der Waals surface area contributed by atoms with Crippen LogP contribution in [0.3, 0.4) is 0 Å². The van der Waals surface area contributed by atoms with Gasteiger partial charge in [-0.2, -0.15) is 0 Å². The molecular formula is C24H28FN3O2S2. The summed E-state index contributed by atoms with van der Waals surface area (Å²) in [6.07, 6.45) is 6.49. The molecule has 1 aliphatic rings. The molecule has 1 aromatic heterocycles. The lowest BCUT2D eigenvalue weighted by molar-refractivity contribution is 0.373. The highest BCUT2D eigenvalue weighted by Crippen LogP contribution is 2.35. The molecule has 1 aliphatic carbocycles. The normalized spacial score (nSPS) is 15.0. The average molecular weight is 474 g/mol. The van der Waals surface area contributed by atoms with Gasteiger partial charge in [0.05, 0.1) is 15.5 Å². The second-order valence-corrected chi connectivity index (χ2v) is 11.1. The molecule has 1 fully saturated rings. The van der Waals surface area contributed by atoms with E-state index < -0.39 is 15.8 Å². The molecule has 0 radical (unpaired) electrons. The Labute approximate surface area is 193 Å². The molecule has 2 aromatic carbocycles. The van der Waals surface area contributed by atoms with Crippen LogP contribution in [-0.2, 0) is 10.0 Å². The van der Waals surface area contributed by atoms with Crippen molar-refractivity contribution in [3.63, 3.8) is 0 Å². The Morgan fingerprint density at radius 2 is 1.78 bits per heavy atom. The van der Waals surface area contributed by atoms with E-state index in [9.17, 15) is 12.8 Å². The molecule has 2 N–H and O–H groups in total. The first-order valence-electron chi connectivity index (χ1n) is 10.9. The minimum atomic E-state index is -3.82. The van der Waals surface area contributed by atoms with Crippen LogP contribution in [0.1, 0.15) is 43.4 Å². The van der Waals surface area contributed by atoms with E-state index in [1.807, 2.05) is 19.1 Å². The highest BCUT2D eigenvalue weighted by atomic mass is 32.2. The van der Waals surface area contributed by atoms with Crippen LogP contribution < -0.4 is 10.0 Å². The van der Waals surface area contributed by atoms with E-state index in [1.54, 1.807) is 24.3 Å². The van der Waals surface area contributed by atoms with Crippen LogP contribution in [-0.4, -0.2) is 19.9 Å². The first-order valence-corrected chi connectivity index (χ1v) is 13.2. The van der Waals surface area contributed by atoms with Gasteiger partial charge in [0.25, 0.3) is 10.0 Å². The van der Waals surface area contributed by atoms with Crippen molar-refractivity contribution in [1.82, 2.24) is 4.98 Å². The zero-order valence-electron chi connectivity index (χ0n) is 18.3. The molecule has 1 saturated carbocycles. The summed E-state index contributed by atoms with van der Waals surface area (Å²) >= 11 is 1.55. The first kappa shape index (κ1) is 22.7. The second-order valence-electron chi connectivity index (χ2n) is 8.41. The van der Waals surface area contributed by atoms with Gasteiger partial charge in [-0.25, -0.2) is 17.8 Å². The fraction of sp³-hybridized carbons (Fsp3) is 0.375. The molecule has 3 aromatic rings. The molecule has 0 bridgehead atoms. The smallest absolute Gasteiger partial charge is 0.262 e. The third-order valence-electron chi connectivity index (χ3n) is 5.90. The Morgan fingerprint density at radius 1 is 1.06 bits per heavy atom. The molecule has 5 nitrogen and oxygen atoms in total. The van der Waals surface area contributed by atoms with Gasteiger partial charge >= 0.3 is 0 Å². The summed E-state index contributed by atoms with van der Waals surface area (Å²) in [5.41, 5.74) is 2.65. The van der Waals surface area contributed by atoms with E-state index in [0.29, 0.717) is 17.2 Å². The molecule has 0 saturated heterocycles. The SMILES string of the molecule is Cc1ccc(-c2sc(NCC3CCCCC3)nc2C)cc1S(=O)(=O)Nc1ccc(F)cc1. The number of rotatable bonds is 7. The molecule has 4 rings (SSSR count). The van der Waals surface area contributed by atoms with Gasteiger partial charge in [0.1, 0.15) is 5.82 Å². The van der Waals surface area contributed by atoms with Gasteiger partial charge < -0.3 is 5.32 Å². The highest BCUT2D eigenvalue weighted by Gasteiger charge is 2.20. The molecular weight excluding hydrogens is 445 g/mol. The van der Waals surface area contributed by atoms with E-state index in [-0.39, 0.29) is 4.90 Å². The van der Waals surface area contributed by atoms with E-state index in [4.69, 9.17) is 0 Å². The fourth-order valence-corrected chi connectivity index (χ4v) is 6.42. The lowest BCUT2D eigenvalue weighted by atomic mass is 9.89. The van der Waals surface area contributed by atoms with Gasteiger partial charge in [-0.1, -0.05) is 42.7 Å². The van der Waals surface area contributed by atoms with Crippen LogP contribution in [0.15, 0.2) is 47.4 Å².